The van der Waals surface area contributed by atoms with Crippen LogP contribution in [0.15, 0.2) is 46.9 Å². The Morgan fingerprint density at radius 2 is 1.60 bits per heavy atom. The lowest BCUT2D eigenvalue weighted by molar-refractivity contribution is -0.141. The van der Waals surface area contributed by atoms with E-state index in [-0.39, 0.29) is 42.0 Å². The number of rotatable bonds is 7. The summed E-state index contributed by atoms with van der Waals surface area (Å²) in [5, 5.41) is 12.5. The van der Waals surface area contributed by atoms with Gasteiger partial charge in [0.1, 0.15) is 5.82 Å². The second kappa shape index (κ2) is 9.97. The molecule has 0 aliphatic carbocycles. The fraction of sp³-hybridized carbons (Fsp3) is 0.435. The van der Waals surface area contributed by atoms with Crippen LogP contribution >= 0.6 is 0 Å². The number of carbonyl (C=O) groups is 2. The van der Waals surface area contributed by atoms with Crippen molar-refractivity contribution in [2.75, 3.05) is 13.2 Å². The summed E-state index contributed by atoms with van der Waals surface area (Å²) in [7, 11) is 0. The number of carbonyl (C=O) groups excluding carboxylic acids is 2. The Balaban J connectivity index is 2.60. The number of benzene rings is 1. The number of nitriles is 1. The third kappa shape index (κ3) is 5.20. The molecular formula is C23H29N3O4. The molecule has 0 saturated carbocycles. The molecule has 1 aromatic carbocycles. The van der Waals surface area contributed by atoms with Crippen LogP contribution in [0.4, 0.5) is 0 Å². The molecule has 0 radical (unpaired) electrons. The highest BCUT2D eigenvalue weighted by Gasteiger charge is 2.39. The van der Waals surface area contributed by atoms with Crippen LogP contribution in [0.3, 0.4) is 0 Å². The molecule has 160 valence electrons. The minimum atomic E-state index is -0.874. The molecular weight excluding hydrogens is 382 g/mol. The average molecular weight is 412 g/mol. The van der Waals surface area contributed by atoms with E-state index in [1.165, 1.54) is 0 Å². The first-order chi connectivity index (χ1) is 14.2. The first kappa shape index (κ1) is 23.0. The maximum atomic E-state index is 13.0. The van der Waals surface area contributed by atoms with Crippen molar-refractivity contribution in [3.05, 3.63) is 58.1 Å². The van der Waals surface area contributed by atoms with Crippen molar-refractivity contribution in [1.29, 1.82) is 5.26 Å². The number of hydrogen-bond donors (Lipinski definition) is 2. The summed E-state index contributed by atoms with van der Waals surface area (Å²) < 4.78 is 10.9. The second-order valence-corrected chi connectivity index (χ2v) is 8.11. The molecule has 2 rings (SSSR count). The maximum absolute atomic E-state index is 13.0. The SMILES string of the molecule is CC1=C(C(=O)OCC(C)C)C(c2ccccc2C#N)C(C(=O)OCC(C)C)=C(N)N1. The molecule has 1 atom stereocenters. The van der Waals surface area contributed by atoms with E-state index in [9.17, 15) is 14.9 Å². The van der Waals surface area contributed by atoms with Gasteiger partial charge in [-0.1, -0.05) is 45.9 Å². The lowest BCUT2D eigenvalue weighted by Gasteiger charge is -2.30. The summed E-state index contributed by atoms with van der Waals surface area (Å²) in [6.45, 7) is 9.84. The van der Waals surface area contributed by atoms with E-state index in [4.69, 9.17) is 15.2 Å². The van der Waals surface area contributed by atoms with Gasteiger partial charge in [-0.05, 0) is 30.4 Å². The van der Waals surface area contributed by atoms with Gasteiger partial charge < -0.3 is 20.5 Å². The number of ether oxygens (including phenoxy) is 2. The predicted molar refractivity (Wildman–Crippen MR) is 113 cm³/mol. The summed E-state index contributed by atoms with van der Waals surface area (Å²) in [6.07, 6.45) is 0. The lowest BCUT2D eigenvalue weighted by atomic mass is 9.79. The highest BCUT2D eigenvalue weighted by Crippen LogP contribution is 2.39. The lowest BCUT2D eigenvalue weighted by Crippen LogP contribution is -2.36. The third-order valence-corrected chi connectivity index (χ3v) is 4.52. The Kier molecular flexibility index (Phi) is 7.65. The van der Waals surface area contributed by atoms with Gasteiger partial charge in [0.25, 0.3) is 0 Å². The van der Waals surface area contributed by atoms with E-state index < -0.39 is 17.9 Å². The van der Waals surface area contributed by atoms with Crippen LogP contribution < -0.4 is 11.1 Å². The van der Waals surface area contributed by atoms with Crippen LogP contribution in [0.2, 0.25) is 0 Å². The topological polar surface area (TPSA) is 114 Å². The largest absolute Gasteiger partial charge is 0.462 e. The monoisotopic (exact) mass is 411 g/mol. The molecule has 1 heterocycles. The van der Waals surface area contributed by atoms with E-state index >= 15 is 0 Å². The molecule has 0 bridgehead atoms. The van der Waals surface area contributed by atoms with Crippen molar-refractivity contribution < 1.29 is 19.1 Å². The Labute approximate surface area is 177 Å². The first-order valence-electron chi connectivity index (χ1n) is 9.98. The summed E-state index contributed by atoms with van der Waals surface area (Å²) >= 11 is 0. The summed E-state index contributed by atoms with van der Waals surface area (Å²) in [6, 6.07) is 8.95. The predicted octanol–water partition coefficient (Wildman–Crippen LogP) is 3.09. The van der Waals surface area contributed by atoms with E-state index in [1.807, 2.05) is 27.7 Å². The maximum Gasteiger partial charge on any atom is 0.338 e. The normalized spacial score (nSPS) is 16.4. The van der Waals surface area contributed by atoms with E-state index in [2.05, 4.69) is 11.4 Å². The van der Waals surface area contributed by atoms with E-state index in [0.717, 1.165) is 0 Å². The third-order valence-electron chi connectivity index (χ3n) is 4.52. The van der Waals surface area contributed by atoms with Crippen molar-refractivity contribution >= 4 is 11.9 Å². The molecule has 1 aliphatic rings. The Morgan fingerprint density at radius 1 is 1.07 bits per heavy atom. The number of nitrogens with zero attached hydrogens (tertiary/aromatic N) is 1. The fourth-order valence-electron chi connectivity index (χ4n) is 3.15. The number of hydrogen-bond acceptors (Lipinski definition) is 7. The van der Waals surface area contributed by atoms with Crippen LogP contribution in [-0.2, 0) is 19.1 Å². The Morgan fingerprint density at radius 3 is 2.13 bits per heavy atom. The van der Waals surface area contributed by atoms with Crippen molar-refractivity contribution in [3.63, 3.8) is 0 Å². The van der Waals surface area contributed by atoms with Gasteiger partial charge in [0.05, 0.1) is 41.9 Å². The first-order valence-corrected chi connectivity index (χ1v) is 9.98. The molecule has 7 nitrogen and oxygen atoms in total. The fourth-order valence-corrected chi connectivity index (χ4v) is 3.15. The van der Waals surface area contributed by atoms with Gasteiger partial charge in [-0.15, -0.1) is 0 Å². The minimum Gasteiger partial charge on any atom is -0.462 e. The van der Waals surface area contributed by atoms with Crippen molar-refractivity contribution in [2.45, 2.75) is 40.5 Å². The minimum absolute atomic E-state index is 0.0967. The van der Waals surface area contributed by atoms with Gasteiger partial charge >= 0.3 is 11.9 Å². The quantitative estimate of drug-likeness (QED) is 0.663. The zero-order valence-electron chi connectivity index (χ0n) is 18.1. The number of allylic oxidation sites excluding steroid dienone is 1. The molecule has 0 amide bonds. The van der Waals surface area contributed by atoms with Gasteiger partial charge in [-0.2, -0.15) is 5.26 Å². The standard InChI is InChI=1S/C23H29N3O4/c1-13(2)11-29-22(27)18-15(5)26-21(25)20(23(28)30-12-14(3)4)19(18)17-9-7-6-8-16(17)10-24/h6-9,13-14,19,26H,11-12,25H2,1-5H3. The Bertz CT molecular complexity index is 877. The van der Waals surface area contributed by atoms with Crippen molar-refractivity contribution in [2.24, 2.45) is 17.6 Å². The van der Waals surface area contributed by atoms with E-state index in [0.29, 0.717) is 16.8 Å². The molecule has 0 spiro atoms. The number of nitrogens with one attached hydrogen (secondary N) is 1. The van der Waals surface area contributed by atoms with Crippen LogP contribution in [0.25, 0.3) is 0 Å². The van der Waals surface area contributed by atoms with Crippen molar-refractivity contribution in [3.8, 4) is 6.07 Å². The summed E-state index contributed by atoms with van der Waals surface area (Å²) in [5.41, 5.74) is 7.83. The van der Waals surface area contributed by atoms with Gasteiger partial charge in [-0.3, -0.25) is 0 Å². The highest BCUT2D eigenvalue weighted by atomic mass is 16.5. The van der Waals surface area contributed by atoms with E-state index in [1.54, 1.807) is 31.2 Å². The van der Waals surface area contributed by atoms with Gasteiger partial charge in [0.15, 0.2) is 0 Å². The number of nitrogens with two attached hydrogens (primary N) is 1. The van der Waals surface area contributed by atoms with Crippen LogP contribution in [0.1, 0.15) is 51.7 Å². The second-order valence-electron chi connectivity index (χ2n) is 8.11. The Hall–Kier alpha value is -3.27. The van der Waals surface area contributed by atoms with Gasteiger partial charge in [0, 0.05) is 5.70 Å². The molecule has 0 fully saturated rings. The van der Waals surface area contributed by atoms with Gasteiger partial charge in [-0.25, -0.2) is 9.59 Å². The molecule has 1 unspecified atom stereocenters. The molecule has 3 N–H and O–H groups in total. The van der Waals surface area contributed by atoms with Gasteiger partial charge in [0.2, 0.25) is 0 Å². The zero-order chi connectivity index (χ0) is 22.4. The molecule has 30 heavy (non-hydrogen) atoms. The molecule has 1 aliphatic heterocycles. The molecule has 1 aromatic rings. The summed E-state index contributed by atoms with van der Waals surface area (Å²) in [5.74, 6) is -1.70. The molecule has 7 heteroatoms. The smallest absolute Gasteiger partial charge is 0.338 e. The van der Waals surface area contributed by atoms with Crippen molar-refractivity contribution in [1.82, 2.24) is 5.32 Å². The molecule has 0 aromatic heterocycles. The summed E-state index contributed by atoms with van der Waals surface area (Å²) in [4.78, 5) is 26.0. The number of esters is 2. The van der Waals surface area contributed by atoms with Crippen LogP contribution in [-0.4, -0.2) is 25.2 Å². The average Bonchev–Trinajstić information content (AvgIpc) is 2.69. The highest BCUT2D eigenvalue weighted by molar-refractivity contribution is 6.00. The van der Waals surface area contributed by atoms with Crippen LogP contribution in [0.5, 0.6) is 0 Å². The molecule has 0 saturated heterocycles. The number of dihydropyridines is 1. The zero-order valence-corrected chi connectivity index (χ0v) is 18.1. The van der Waals surface area contributed by atoms with Crippen LogP contribution in [0, 0.1) is 23.2 Å².